The van der Waals surface area contributed by atoms with Gasteiger partial charge in [0.1, 0.15) is 0 Å². The molecule has 2 atom stereocenters. The molecule has 1 unspecified atom stereocenters. The highest BCUT2D eigenvalue weighted by molar-refractivity contribution is 6.30. The molecular weight excluding hydrogens is 320 g/mol. The second-order valence-electron chi connectivity index (χ2n) is 6.11. The minimum Gasteiger partial charge on any atom is -0.481 e. The zero-order chi connectivity index (χ0) is 17.5. The molecular formula is C20H25ClN2O. The van der Waals surface area contributed by atoms with E-state index < -0.39 is 0 Å². The molecule has 0 bridgehead atoms. The first-order chi connectivity index (χ1) is 11.5. The average Bonchev–Trinajstić information content (AvgIpc) is 2.55. The van der Waals surface area contributed by atoms with Crippen LogP contribution in [0.5, 0.6) is 0 Å². The van der Waals surface area contributed by atoms with Gasteiger partial charge in [0.25, 0.3) is 0 Å². The third kappa shape index (κ3) is 5.36. The van der Waals surface area contributed by atoms with Gasteiger partial charge in [0.2, 0.25) is 0 Å². The molecule has 0 aromatic heterocycles. The van der Waals surface area contributed by atoms with Crippen molar-refractivity contribution in [1.29, 1.82) is 5.41 Å². The smallest absolute Gasteiger partial charge is 0.183 e. The molecule has 0 aliphatic heterocycles. The molecule has 0 heterocycles. The van der Waals surface area contributed by atoms with Crippen molar-refractivity contribution in [3.05, 3.63) is 59.1 Å². The van der Waals surface area contributed by atoms with E-state index in [1.165, 1.54) is 5.56 Å². The summed E-state index contributed by atoms with van der Waals surface area (Å²) in [5, 5.41) is 8.56. The highest BCUT2D eigenvalue weighted by Gasteiger charge is 2.15. The molecule has 2 aromatic carbocycles. The maximum Gasteiger partial charge on any atom is 0.183 e. The fourth-order valence-corrected chi connectivity index (χ4v) is 2.94. The minimum atomic E-state index is 0.0119. The number of benzene rings is 2. The number of rotatable bonds is 7. The first-order valence-electron chi connectivity index (χ1n) is 8.31. The molecule has 3 nitrogen and oxygen atoms in total. The van der Waals surface area contributed by atoms with Crippen LogP contribution in [0.2, 0.25) is 5.02 Å². The Kier molecular flexibility index (Phi) is 6.83. The van der Waals surface area contributed by atoms with Crippen LogP contribution >= 0.6 is 11.6 Å². The molecule has 4 heteroatoms. The van der Waals surface area contributed by atoms with E-state index in [0.717, 1.165) is 29.0 Å². The van der Waals surface area contributed by atoms with Crippen molar-refractivity contribution < 1.29 is 4.74 Å². The fourth-order valence-electron chi connectivity index (χ4n) is 2.75. The summed E-state index contributed by atoms with van der Waals surface area (Å²) in [5.41, 5.74) is 9.69. The fraction of sp³-hybridized carbons (Fsp3) is 0.350. The lowest BCUT2D eigenvalue weighted by Crippen LogP contribution is -2.28. The molecule has 3 N–H and O–H groups in total. The van der Waals surface area contributed by atoms with Crippen LogP contribution in [0, 0.1) is 11.3 Å². The van der Waals surface area contributed by atoms with E-state index in [9.17, 15) is 0 Å². The van der Waals surface area contributed by atoms with Crippen LogP contribution < -0.4 is 5.73 Å². The topological polar surface area (TPSA) is 59.1 Å². The van der Waals surface area contributed by atoms with Crippen molar-refractivity contribution in [3.8, 4) is 11.1 Å². The van der Waals surface area contributed by atoms with Crippen LogP contribution in [0.15, 0.2) is 48.5 Å². The Morgan fingerprint density at radius 3 is 2.50 bits per heavy atom. The number of nitrogens with two attached hydrogens (primary N) is 1. The quantitative estimate of drug-likeness (QED) is 0.553. The van der Waals surface area contributed by atoms with E-state index in [1.807, 2.05) is 38.1 Å². The van der Waals surface area contributed by atoms with Crippen molar-refractivity contribution in [2.75, 3.05) is 6.61 Å². The Labute approximate surface area is 149 Å². The van der Waals surface area contributed by atoms with Gasteiger partial charge in [0.05, 0.1) is 6.61 Å². The van der Waals surface area contributed by atoms with Crippen molar-refractivity contribution in [2.45, 2.75) is 32.7 Å². The van der Waals surface area contributed by atoms with Crippen molar-refractivity contribution in [2.24, 2.45) is 11.7 Å². The van der Waals surface area contributed by atoms with Gasteiger partial charge in [-0.15, -0.1) is 0 Å². The van der Waals surface area contributed by atoms with Gasteiger partial charge in [0, 0.05) is 17.0 Å². The lowest BCUT2D eigenvalue weighted by Gasteiger charge is -2.18. The largest absolute Gasteiger partial charge is 0.481 e. The molecule has 0 fully saturated rings. The van der Waals surface area contributed by atoms with E-state index >= 15 is 0 Å². The number of nitrogens with one attached hydrogen (secondary N) is 1. The van der Waals surface area contributed by atoms with Gasteiger partial charge in [-0.3, -0.25) is 5.41 Å². The molecule has 0 saturated carbocycles. The molecule has 0 aliphatic carbocycles. The van der Waals surface area contributed by atoms with E-state index in [1.54, 1.807) is 0 Å². The van der Waals surface area contributed by atoms with Crippen molar-refractivity contribution in [3.63, 3.8) is 0 Å². The summed E-state index contributed by atoms with van der Waals surface area (Å²) in [7, 11) is 0. The SMILES string of the molecule is CCOC(=N)C(C)C[C@H](N)Cc1ccc(-c2cccc(Cl)c2)cc1. The maximum absolute atomic E-state index is 7.82. The lowest BCUT2D eigenvalue weighted by atomic mass is 9.95. The second kappa shape index (κ2) is 8.86. The summed E-state index contributed by atoms with van der Waals surface area (Å²) in [4.78, 5) is 0. The molecule has 0 radical (unpaired) electrons. The first-order valence-corrected chi connectivity index (χ1v) is 8.69. The summed E-state index contributed by atoms with van der Waals surface area (Å²) in [6.07, 6.45) is 1.54. The highest BCUT2D eigenvalue weighted by atomic mass is 35.5. The predicted molar refractivity (Wildman–Crippen MR) is 102 cm³/mol. The van der Waals surface area contributed by atoms with Gasteiger partial charge >= 0.3 is 0 Å². The van der Waals surface area contributed by atoms with Crippen LogP contribution in [0.1, 0.15) is 25.8 Å². The number of halogens is 1. The number of hydrogen-bond donors (Lipinski definition) is 2. The van der Waals surface area contributed by atoms with Crippen LogP contribution in [-0.4, -0.2) is 18.5 Å². The average molecular weight is 345 g/mol. The van der Waals surface area contributed by atoms with Gasteiger partial charge < -0.3 is 10.5 Å². The Morgan fingerprint density at radius 2 is 1.88 bits per heavy atom. The highest BCUT2D eigenvalue weighted by Crippen LogP contribution is 2.23. The third-order valence-corrected chi connectivity index (χ3v) is 4.25. The van der Waals surface area contributed by atoms with Gasteiger partial charge in [0.15, 0.2) is 5.90 Å². The van der Waals surface area contributed by atoms with Crippen LogP contribution in [0.3, 0.4) is 0 Å². The van der Waals surface area contributed by atoms with Crippen LogP contribution in [-0.2, 0) is 11.2 Å². The molecule has 0 saturated heterocycles. The Bertz CT molecular complexity index is 670. The summed E-state index contributed by atoms with van der Waals surface area (Å²) < 4.78 is 5.25. The molecule has 0 aliphatic rings. The maximum atomic E-state index is 7.82. The predicted octanol–water partition coefficient (Wildman–Crippen LogP) is 4.92. The number of hydrogen-bond acceptors (Lipinski definition) is 3. The third-order valence-electron chi connectivity index (χ3n) is 4.01. The zero-order valence-electron chi connectivity index (χ0n) is 14.3. The molecule has 128 valence electrons. The Morgan fingerprint density at radius 1 is 1.17 bits per heavy atom. The lowest BCUT2D eigenvalue weighted by molar-refractivity contribution is 0.293. The summed E-state index contributed by atoms with van der Waals surface area (Å²) in [5.74, 6) is 0.370. The summed E-state index contributed by atoms with van der Waals surface area (Å²) >= 11 is 6.05. The van der Waals surface area contributed by atoms with E-state index in [-0.39, 0.29) is 12.0 Å². The molecule has 0 amide bonds. The van der Waals surface area contributed by atoms with E-state index in [2.05, 4.69) is 24.3 Å². The molecule has 24 heavy (non-hydrogen) atoms. The normalized spacial score (nSPS) is 13.3. The second-order valence-corrected chi connectivity index (χ2v) is 6.54. The number of ether oxygens (including phenoxy) is 1. The van der Waals surface area contributed by atoms with Crippen LogP contribution in [0.25, 0.3) is 11.1 Å². The zero-order valence-corrected chi connectivity index (χ0v) is 15.0. The van der Waals surface area contributed by atoms with Crippen molar-refractivity contribution >= 4 is 17.5 Å². The van der Waals surface area contributed by atoms with E-state index in [0.29, 0.717) is 12.5 Å². The van der Waals surface area contributed by atoms with Crippen LogP contribution in [0.4, 0.5) is 0 Å². The van der Waals surface area contributed by atoms with E-state index in [4.69, 9.17) is 27.5 Å². The Hall–Kier alpha value is -1.84. The monoisotopic (exact) mass is 344 g/mol. The molecule has 2 aromatic rings. The molecule has 2 rings (SSSR count). The van der Waals surface area contributed by atoms with Gasteiger partial charge in [-0.2, -0.15) is 0 Å². The first kappa shape index (κ1) is 18.5. The molecule has 0 spiro atoms. The standard InChI is InChI=1S/C20H25ClN2O/c1-3-24-20(23)14(2)11-19(22)12-15-7-9-16(10-8-15)17-5-4-6-18(21)13-17/h4-10,13-14,19,23H,3,11-12,22H2,1-2H3/t14?,19-/m0/s1. The van der Waals surface area contributed by atoms with Crippen molar-refractivity contribution in [1.82, 2.24) is 0 Å². The summed E-state index contributed by atoms with van der Waals surface area (Å²) in [6, 6.07) is 16.3. The van der Waals surface area contributed by atoms with Gasteiger partial charge in [-0.05, 0) is 48.6 Å². The van der Waals surface area contributed by atoms with Gasteiger partial charge in [-0.25, -0.2) is 0 Å². The van der Waals surface area contributed by atoms with Gasteiger partial charge in [-0.1, -0.05) is 54.9 Å². The Balaban J connectivity index is 1.95. The minimum absolute atomic E-state index is 0.0119. The summed E-state index contributed by atoms with van der Waals surface area (Å²) in [6.45, 7) is 4.41.